The summed E-state index contributed by atoms with van der Waals surface area (Å²) in [4.78, 5) is 49.3. The molecule has 1 N–H and O–H groups in total. The van der Waals surface area contributed by atoms with Crippen molar-refractivity contribution < 1.29 is 19.2 Å². The van der Waals surface area contributed by atoms with Gasteiger partial charge in [0.1, 0.15) is 6.54 Å². The molecular weight excluding hydrogens is 456 g/mol. The molecule has 8 heteroatoms. The van der Waals surface area contributed by atoms with Crippen molar-refractivity contribution >= 4 is 23.4 Å². The van der Waals surface area contributed by atoms with Crippen molar-refractivity contribution in [2.45, 2.75) is 56.8 Å². The number of anilines is 1. The first-order valence-corrected chi connectivity index (χ1v) is 12.8. The summed E-state index contributed by atoms with van der Waals surface area (Å²) in [7, 11) is 3.93. The van der Waals surface area contributed by atoms with E-state index in [0.717, 1.165) is 42.5 Å². The Balaban J connectivity index is 1.39. The maximum absolute atomic E-state index is 13.6. The minimum Gasteiger partial charge on any atom is -0.378 e. The van der Waals surface area contributed by atoms with Crippen LogP contribution >= 0.6 is 0 Å². The molecule has 1 saturated carbocycles. The minimum absolute atomic E-state index is 0.0250. The molecule has 3 aliphatic rings. The molecule has 0 radical (unpaired) electrons. The molecule has 2 aliphatic heterocycles. The lowest BCUT2D eigenvalue weighted by Gasteiger charge is -2.28. The van der Waals surface area contributed by atoms with Crippen LogP contribution in [0.3, 0.4) is 0 Å². The second kappa shape index (κ2) is 10.4. The van der Waals surface area contributed by atoms with Gasteiger partial charge in [0.25, 0.3) is 5.91 Å². The molecule has 3 unspecified atom stereocenters. The van der Waals surface area contributed by atoms with Gasteiger partial charge in [-0.05, 0) is 36.1 Å². The molecule has 2 heterocycles. The Morgan fingerprint density at radius 2 is 1.67 bits per heavy atom. The minimum atomic E-state index is -0.929. The van der Waals surface area contributed by atoms with E-state index in [4.69, 9.17) is 4.84 Å². The van der Waals surface area contributed by atoms with E-state index in [-0.39, 0.29) is 36.9 Å². The second-order valence-electron chi connectivity index (χ2n) is 10.2. The first-order chi connectivity index (χ1) is 17.4. The number of carbonyl (C=O) groups is 3. The summed E-state index contributed by atoms with van der Waals surface area (Å²) in [6.45, 7) is 0.187. The molecule has 8 nitrogen and oxygen atoms in total. The fourth-order valence-corrected chi connectivity index (χ4v) is 5.59. The average Bonchev–Trinajstić information content (AvgIpc) is 3.36. The Labute approximate surface area is 212 Å². The van der Waals surface area contributed by atoms with E-state index in [1.165, 1.54) is 11.3 Å². The summed E-state index contributed by atoms with van der Waals surface area (Å²) >= 11 is 0. The highest BCUT2D eigenvalue weighted by atomic mass is 16.7. The molecule has 0 spiro atoms. The zero-order valence-electron chi connectivity index (χ0n) is 20.9. The van der Waals surface area contributed by atoms with E-state index < -0.39 is 18.1 Å². The highest BCUT2D eigenvalue weighted by Gasteiger charge is 2.59. The van der Waals surface area contributed by atoms with Gasteiger partial charge in [0.05, 0.1) is 18.5 Å². The molecule has 2 saturated heterocycles. The van der Waals surface area contributed by atoms with Crippen molar-refractivity contribution in [3.8, 4) is 0 Å². The number of carbonyl (C=O) groups excluding carboxylic acids is 3. The van der Waals surface area contributed by atoms with Crippen LogP contribution in [-0.2, 0) is 25.8 Å². The van der Waals surface area contributed by atoms with Crippen LogP contribution in [0, 0.1) is 5.92 Å². The maximum Gasteiger partial charge on any atom is 0.261 e. The van der Waals surface area contributed by atoms with Gasteiger partial charge in [-0.3, -0.25) is 24.1 Å². The Morgan fingerprint density at radius 3 is 2.33 bits per heavy atom. The van der Waals surface area contributed by atoms with Gasteiger partial charge < -0.3 is 10.2 Å². The van der Waals surface area contributed by atoms with E-state index >= 15 is 0 Å². The van der Waals surface area contributed by atoms with Crippen LogP contribution in [0.4, 0.5) is 5.69 Å². The maximum atomic E-state index is 13.6. The molecule has 2 aromatic carbocycles. The third kappa shape index (κ3) is 4.88. The SMILES string of the molecule is CN(C)c1ccc(C2C3C(=O)N(Cc4ccccc4)C(=O)C3ON2CC(=O)NC2CCCCC2)cc1. The van der Waals surface area contributed by atoms with Crippen LogP contribution in [0.25, 0.3) is 0 Å². The van der Waals surface area contributed by atoms with Gasteiger partial charge in [0, 0.05) is 25.8 Å². The zero-order chi connectivity index (χ0) is 25.2. The number of nitrogens with zero attached hydrogens (tertiary/aromatic N) is 3. The van der Waals surface area contributed by atoms with Gasteiger partial charge in [0.15, 0.2) is 6.10 Å². The van der Waals surface area contributed by atoms with Crippen molar-refractivity contribution in [3.63, 3.8) is 0 Å². The van der Waals surface area contributed by atoms with Gasteiger partial charge in [-0.15, -0.1) is 0 Å². The first kappa shape index (κ1) is 24.5. The van der Waals surface area contributed by atoms with E-state index in [2.05, 4.69) is 5.32 Å². The van der Waals surface area contributed by atoms with Crippen molar-refractivity contribution in [2.24, 2.45) is 5.92 Å². The van der Waals surface area contributed by atoms with Crippen LogP contribution in [0.2, 0.25) is 0 Å². The van der Waals surface area contributed by atoms with Gasteiger partial charge >= 0.3 is 0 Å². The van der Waals surface area contributed by atoms with Crippen LogP contribution in [-0.4, -0.2) is 60.5 Å². The average molecular weight is 491 g/mol. The second-order valence-corrected chi connectivity index (χ2v) is 10.2. The quantitative estimate of drug-likeness (QED) is 0.601. The third-order valence-corrected chi connectivity index (χ3v) is 7.49. The highest BCUT2D eigenvalue weighted by molar-refractivity contribution is 6.07. The summed E-state index contributed by atoms with van der Waals surface area (Å²) in [6.07, 6.45) is 4.49. The molecule has 190 valence electrons. The van der Waals surface area contributed by atoms with Gasteiger partial charge in [-0.2, -0.15) is 5.06 Å². The summed E-state index contributed by atoms with van der Waals surface area (Å²) in [5.74, 6) is -1.45. The number of benzene rings is 2. The smallest absolute Gasteiger partial charge is 0.261 e. The fraction of sp³-hybridized carbons (Fsp3) is 0.464. The summed E-state index contributed by atoms with van der Waals surface area (Å²) in [5.41, 5.74) is 2.76. The van der Waals surface area contributed by atoms with E-state index in [0.29, 0.717) is 0 Å². The molecular formula is C28H34N4O4. The van der Waals surface area contributed by atoms with Crippen LogP contribution < -0.4 is 10.2 Å². The molecule has 0 aromatic heterocycles. The predicted molar refractivity (Wildman–Crippen MR) is 136 cm³/mol. The molecule has 0 bridgehead atoms. The normalized spacial score (nSPS) is 24.7. The van der Waals surface area contributed by atoms with E-state index in [9.17, 15) is 14.4 Å². The van der Waals surface area contributed by atoms with Gasteiger partial charge in [-0.1, -0.05) is 61.7 Å². The Kier molecular flexibility index (Phi) is 7.07. The molecule has 1 aliphatic carbocycles. The number of imide groups is 1. The van der Waals surface area contributed by atoms with Gasteiger partial charge in [-0.25, -0.2) is 0 Å². The van der Waals surface area contributed by atoms with Crippen LogP contribution in [0.15, 0.2) is 54.6 Å². The molecule has 3 amide bonds. The zero-order valence-corrected chi connectivity index (χ0v) is 20.9. The summed E-state index contributed by atoms with van der Waals surface area (Å²) < 4.78 is 0. The highest BCUT2D eigenvalue weighted by Crippen LogP contribution is 2.45. The number of hydrogen-bond acceptors (Lipinski definition) is 6. The van der Waals surface area contributed by atoms with Gasteiger partial charge in [0.2, 0.25) is 11.8 Å². The molecule has 2 aromatic rings. The van der Waals surface area contributed by atoms with E-state index in [1.807, 2.05) is 73.6 Å². The lowest BCUT2D eigenvalue weighted by Crippen LogP contribution is -2.44. The number of nitrogens with one attached hydrogen (secondary N) is 1. The number of rotatable bonds is 7. The lowest BCUT2D eigenvalue weighted by atomic mass is 9.90. The molecule has 3 fully saturated rings. The standard InChI is InChI=1S/C28H34N4O4/c1-30(2)22-15-13-20(14-16-22)25-24-26(28(35)31(27(24)34)17-19-9-5-3-6-10-19)36-32(25)18-23(33)29-21-11-7-4-8-12-21/h3,5-6,9-10,13-16,21,24-26H,4,7-8,11-12,17-18H2,1-2H3,(H,29,33). The first-order valence-electron chi connectivity index (χ1n) is 12.8. The Hall–Kier alpha value is -3.23. The Morgan fingerprint density at radius 1 is 0.972 bits per heavy atom. The fourth-order valence-electron chi connectivity index (χ4n) is 5.59. The molecule has 3 atom stereocenters. The number of likely N-dealkylation sites (tertiary alicyclic amines) is 1. The largest absolute Gasteiger partial charge is 0.378 e. The Bertz CT molecular complexity index is 1100. The predicted octanol–water partition coefficient (Wildman–Crippen LogP) is 3.04. The van der Waals surface area contributed by atoms with Crippen molar-refractivity contribution in [3.05, 3.63) is 65.7 Å². The van der Waals surface area contributed by atoms with Crippen molar-refractivity contribution in [1.29, 1.82) is 0 Å². The van der Waals surface area contributed by atoms with Crippen molar-refractivity contribution in [2.75, 3.05) is 25.5 Å². The summed E-state index contributed by atoms with van der Waals surface area (Å²) in [5, 5.41) is 4.67. The monoisotopic (exact) mass is 490 g/mol. The number of fused-ring (bicyclic) bond motifs is 1. The lowest BCUT2D eigenvalue weighted by molar-refractivity contribution is -0.183. The molecule has 5 rings (SSSR count). The van der Waals surface area contributed by atoms with Crippen LogP contribution in [0.5, 0.6) is 0 Å². The number of amides is 3. The topological polar surface area (TPSA) is 82.2 Å². The van der Waals surface area contributed by atoms with E-state index in [1.54, 1.807) is 5.06 Å². The molecule has 36 heavy (non-hydrogen) atoms. The van der Waals surface area contributed by atoms with Crippen molar-refractivity contribution in [1.82, 2.24) is 15.3 Å². The number of hydrogen-bond donors (Lipinski definition) is 1. The third-order valence-electron chi connectivity index (χ3n) is 7.49. The van der Waals surface area contributed by atoms with Crippen LogP contribution in [0.1, 0.15) is 49.3 Å². The number of hydroxylamine groups is 2. The summed E-state index contributed by atoms with van der Waals surface area (Å²) in [6, 6.07) is 17.0.